The minimum atomic E-state index is -0.140. The molecule has 10 aromatic rings. The molecule has 0 fully saturated rings. The van der Waals surface area contributed by atoms with Crippen LogP contribution in [0.4, 0.5) is 0 Å². The summed E-state index contributed by atoms with van der Waals surface area (Å²) in [6.45, 7) is 4.64. The highest BCUT2D eigenvalue weighted by atomic mass is 32.1. The highest BCUT2D eigenvalue weighted by Gasteiger charge is 2.37. The average molecular weight is 714 g/mol. The van der Waals surface area contributed by atoms with Gasteiger partial charge < -0.3 is 0 Å². The molecule has 0 bridgehead atoms. The van der Waals surface area contributed by atoms with E-state index in [-0.39, 0.29) is 5.41 Å². The molecule has 3 nitrogen and oxygen atoms in total. The van der Waals surface area contributed by atoms with Gasteiger partial charge in [-0.3, -0.25) is 0 Å². The SMILES string of the molecule is CC1(C)c2ccccc2-c2c(-c3nc(-c4ccccc4-c4cccc5c4sc4ccccc45)nc(-c4cccc5c4sc4ccccc45)n3)cccc21. The van der Waals surface area contributed by atoms with Crippen LogP contribution >= 0.6 is 22.7 Å². The van der Waals surface area contributed by atoms with Crippen LogP contribution in [0.25, 0.3) is 96.8 Å². The number of fused-ring (bicyclic) bond motifs is 9. The number of rotatable bonds is 4. The first kappa shape index (κ1) is 30.6. The van der Waals surface area contributed by atoms with Gasteiger partial charge in [0.25, 0.3) is 0 Å². The van der Waals surface area contributed by atoms with Gasteiger partial charge in [0.1, 0.15) is 0 Å². The minimum absolute atomic E-state index is 0.140. The van der Waals surface area contributed by atoms with Crippen LogP contribution in [0, 0.1) is 0 Å². The third-order valence-electron chi connectivity index (χ3n) is 11.0. The molecule has 0 spiro atoms. The van der Waals surface area contributed by atoms with Crippen LogP contribution in [0.5, 0.6) is 0 Å². The molecule has 0 N–H and O–H groups in total. The Balaban J connectivity index is 1.20. The molecule has 1 aliphatic carbocycles. The molecule has 0 saturated heterocycles. The zero-order valence-corrected chi connectivity index (χ0v) is 30.7. The summed E-state index contributed by atoms with van der Waals surface area (Å²) in [4.78, 5) is 16.2. The predicted molar refractivity (Wildman–Crippen MR) is 225 cm³/mol. The van der Waals surface area contributed by atoms with Crippen LogP contribution in [0.1, 0.15) is 25.0 Å². The lowest BCUT2D eigenvalue weighted by atomic mass is 9.82. The van der Waals surface area contributed by atoms with E-state index in [0.29, 0.717) is 17.5 Å². The van der Waals surface area contributed by atoms with Crippen molar-refractivity contribution >= 4 is 63.0 Å². The minimum Gasteiger partial charge on any atom is -0.208 e. The van der Waals surface area contributed by atoms with Crippen molar-refractivity contribution in [3.05, 3.63) is 163 Å². The summed E-state index contributed by atoms with van der Waals surface area (Å²) in [7, 11) is 0. The first-order valence-electron chi connectivity index (χ1n) is 17.9. The van der Waals surface area contributed by atoms with Crippen LogP contribution in [0.2, 0.25) is 0 Å². The van der Waals surface area contributed by atoms with E-state index in [1.165, 1.54) is 68.2 Å². The van der Waals surface area contributed by atoms with E-state index in [2.05, 4.69) is 166 Å². The Kier molecular flexibility index (Phi) is 6.64. The van der Waals surface area contributed by atoms with Crippen LogP contribution in [-0.2, 0) is 5.41 Å². The van der Waals surface area contributed by atoms with Crippen molar-refractivity contribution in [1.29, 1.82) is 0 Å². The molecule has 11 rings (SSSR count). The zero-order valence-electron chi connectivity index (χ0n) is 29.1. The van der Waals surface area contributed by atoms with E-state index >= 15 is 0 Å². The van der Waals surface area contributed by atoms with Crippen LogP contribution in [0.15, 0.2) is 152 Å². The van der Waals surface area contributed by atoms with Gasteiger partial charge in [0.05, 0.1) is 0 Å². The van der Waals surface area contributed by atoms with E-state index in [4.69, 9.17) is 15.0 Å². The Morgan fingerprint density at radius 1 is 0.358 bits per heavy atom. The number of thiophene rings is 2. The van der Waals surface area contributed by atoms with Crippen molar-refractivity contribution in [1.82, 2.24) is 15.0 Å². The van der Waals surface area contributed by atoms with Crippen LogP contribution in [-0.4, -0.2) is 15.0 Å². The summed E-state index contributed by atoms with van der Waals surface area (Å²) in [5.41, 5.74) is 10.3. The number of benzene rings is 7. The van der Waals surface area contributed by atoms with Gasteiger partial charge in [0.15, 0.2) is 17.5 Å². The molecular weight excluding hydrogens is 683 g/mol. The first-order chi connectivity index (χ1) is 26.0. The van der Waals surface area contributed by atoms with Gasteiger partial charge in [0, 0.05) is 68.0 Å². The average Bonchev–Trinajstić information content (AvgIpc) is 3.86. The van der Waals surface area contributed by atoms with Gasteiger partial charge in [-0.2, -0.15) is 0 Å². The lowest BCUT2D eigenvalue weighted by Gasteiger charge is -2.21. The Labute approximate surface area is 314 Å². The molecule has 1 aliphatic rings. The van der Waals surface area contributed by atoms with E-state index in [1.54, 1.807) is 11.3 Å². The molecule has 0 unspecified atom stereocenters. The maximum absolute atomic E-state index is 5.41. The normalized spacial score (nSPS) is 13.2. The Bertz CT molecular complexity index is 3110. The molecule has 0 radical (unpaired) electrons. The molecule has 3 aromatic heterocycles. The van der Waals surface area contributed by atoms with Crippen molar-refractivity contribution in [2.45, 2.75) is 19.3 Å². The molecule has 5 heteroatoms. The van der Waals surface area contributed by atoms with Gasteiger partial charge >= 0.3 is 0 Å². The Morgan fingerprint density at radius 3 is 1.49 bits per heavy atom. The fourth-order valence-electron chi connectivity index (χ4n) is 8.47. The number of nitrogens with zero attached hydrogens (tertiary/aromatic N) is 3. The molecule has 3 heterocycles. The van der Waals surface area contributed by atoms with Crippen molar-refractivity contribution in [3.8, 4) is 56.4 Å². The lowest BCUT2D eigenvalue weighted by molar-refractivity contribution is 0.660. The molecule has 0 aliphatic heterocycles. The topological polar surface area (TPSA) is 38.7 Å². The monoisotopic (exact) mass is 713 g/mol. The zero-order chi connectivity index (χ0) is 35.3. The molecular formula is C48H31N3S2. The number of aromatic nitrogens is 3. The fraction of sp³-hybridized carbons (Fsp3) is 0.0625. The smallest absolute Gasteiger partial charge is 0.165 e. The highest BCUT2D eigenvalue weighted by Crippen LogP contribution is 2.52. The van der Waals surface area contributed by atoms with Crippen molar-refractivity contribution in [2.24, 2.45) is 0 Å². The summed E-state index contributed by atoms with van der Waals surface area (Å²) in [6.07, 6.45) is 0. The summed E-state index contributed by atoms with van der Waals surface area (Å²) in [6, 6.07) is 54.5. The lowest BCUT2D eigenvalue weighted by Crippen LogP contribution is -2.14. The predicted octanol–water partition coefficient (Wildman–Crippen LogP) is 13.6. The van der Waals surface area contributed by atoms with Gasteiger partial charge in [-0.15, -0.1) is 22.7 Å². The number of hydrogen-bond acceptors (Lipinski definition) is 5. The second-order valence-corrected chi connectivity index (χ2v) is 16.4. The fourth-order valence-corrected chi connectivity index (χ4v) is 10.9. The van der Waals surface area contributed by atoms with E-state index in [1.807, 2.05) is 11.3 Å². The second-order valence-electron chi connectivity index (χ2n) is 14.3. The Morgan fingerprint density at radius 2 is 0.792 bits per heavy atom. The van der Waals surface area contributed by atoms with Gasteiger partial charge in [-0.25, -0.2) is 15.0 Å². The Hall–Kier alpha value is -6.01. The van der Waals surface area contributed by atoms with Crippen LogP contribution in [0.3, 0.4) is 0 Å². The van der Waals surface area contributed by atoms with Crippen LogP contribution < -0.4 is 0 Å². The summed E-state index contributed by atoms with van der Waals surface area (Å²) >= 11 is 3.65. The second kappa shape index (κ2) is 11.5. The summed E-state index contributed by atoms with van der Waals surface area (Å²) in [5, 5.41) is 5.03. The molecule has 0 amide bonds. The third kappa shape index (κ3) is 4.54. The van der Waals surface area contributed by atoms with E-state index in [9.17, 15) is 0 Å². The number of hydrogen-bond donors (Lipinski definition) is 0. The summed E-state index contributed by atoms with van der Waals surface area (Å²) < 4.78 is 5.00. The van der Waals surface area contributed by atoms with E-state index < -0.39 is 0 Å². The van der Waals surface area contributed by atoms with Crippen molar-refractivity contribution in [3.63, 3.8) is 0 Å². The quantitative estimate of drug-likeness (QED) is 0.182. The molecule has 53 heavy (non-hydrogen) atoms. The largest absolute Gasteiger partial charge is 0.208 e. The summed E-state index contributed by atoms with van der Waals surface area (Å²) in [5.74, 6) is 2.03. The van der Waals surface area contributed by atoms with Crippen molar-refractivity contribution < 1.29 is 0 Å². The molecule has 0 atom stereocenters. The van der Waals surface area contributed by atoms with Gasteiger partial charge in [-0.05, 0) is 46.0 Å². The van der Waals surface area contributed by atoms with E-state index in [0.717, 1.165) is 22.3 Å². The standard InChI is InChI=1S/C48H31N3S2/c1-48(2)38-24-8-5-18-35(38)42-36(22-13-25-39(42)48)46-49-45(50-47(51-46)37-23-12-21-33-30-16-7-10-27-41(30)53-44(33)37)34-17-4-3-14-28(34)31-19-11-20-32-29-15-6-9-26-40(29)52-43(31)32/h3-27H,1-2H3. The maximum atomic E-state index is 5.41. The van der Waals surface area contributed by atoms with Gasteiger partial charge in [-0.1, -0.05) is 147 Å². The van der Waals surface area contributed by atoms with Crippen molar-refractivity contribution in [2.75, 3.05) is 0 Å². The third-order valence-corrected chi connectivity index (χ3v) is 13.4. The molecule has 0 saturated carbocycles. The first-order valence-corrected chi connectivity index (χ1v) is 19.6. The molecule has 7 aromatic carbocycles. The maximum Gasteiger partial charge on any atom is 0.165 e. The highest BCUT2D eigenvalue weighted by molar-refractivity contribution is 7.26. The molecule has 250 valence electrons. The van der Waals surface area contributed by atoms with Gasteiger partial charge in [0.2, 0.25) is 0 Å².